The fourth-order valence-corrected chi connectivity index (χ4v) is 4.39. The van der Waals surface area contributed by atoms with E-state index in [0.717, 1.165) is 70.7 Å². The highest BCUT2D eigenvalue weighted by atomic mass is 16.1. The molecule has 2 aliphatic heterocycles. The van der Waals surface area contributed by atoms with Crippen LogP contribution in [0.1, 0.15) is 48.7 Å². The summed E-state index contributed by atoms with van der Waals surface area (Å²) in [5.74, 6) is 1.08. The van der Waals surface area contributed by atoms with E-state index in [1.165, 1.54) is 12.8 Å². The van der Waals surface area contributed by atoms with Crippen molar-refractivity contribution in [2.24, 2.45) is 5.73 Å². The number of piperazine rings is 1. The van der Waals surface area contributed by atoms with Gasteiger partial charge in [-0.1, -0.05) is 19.8 Å². The summed E-state index contributed by atoms with van der Waals surface area (Å²) < 4.78 is 0. The number of hydrogen-bond acceptors (Lipinski definition) is 9. The molecule has 0 spiro atoms. The summed E-state index contributed by atoms with van der Waals surface area (Å²) >= 11 is 0. The standard InChI is InChI=1S/C23H33N9O/c1-2-30-11-13-31(14-12-30)19-8-7-17(16-26-19)27-22-20(21(25)33)18(15-24)28-23(29-22)32-9-5-3-4-6-10-32/h7-8,15-16,24H,2-6,9-14H2,1H3,(H2,25,33)(H,27,28,29). The second kappa shape index (κ2) is 10.6. The van der Waals surface area contributed by atoms with E-state index < -0.39 is 5.91 Å². The molecule has 2 fully saturated rings. The Morgan fingerprint density at radius 2 is 1.79 bits per heavy atom. The van der Waals surface area contributed by atoms with Crippen LogP contribution in [0.15, 0.2) is 18.3 Å². The molecule has 4 rings (SSSR count). The van der Waals surface area contributed by atoms with Gasteiger partial charge in [-0.2, -0.15) is 4.98 Å². The predicted octanol–water partition coefficient (Wildman–Crippen LogP) is 2.23. The maximum atomic E-state index is 12.2. The summed E-state index contributed by atoms with van der Waals surface area (Å²) in [5.41, 5.74) is 6.67. The fraction of sp³-hybridized carbons (Fsp3) is 0.522. The van der Waals surface area contributed by atoms with Crippen LogP contribution in [0.25, 0.3) is 0 Å². The van der Waals surface area contributed by atoms with Crippen molar-refractivity contribution in [2.45, 2.75) is 32.6 Å². The van der Waals surface area contributed by atoms with E-state index in [1.54, 1.807) is 6.20 Å². The SMILES string of the molecule is CCN1CCN(c2ccc(Nc3nc(N4CCCCCC4)nc(C=N)c3C(N)=O)cn2)CC1. The molecule has 0 bridgehead atoms. The van der Waals surface area contributed by atoms with Crippen LogP contribution < -0.4 is 20.9 Å². The van der Waals surface area contributed by atoms with Gasteiger partial charge in [0.05, 0.1) is 11.9 Å². The molecule has 2 aromatic heterocycles. The topological polar surface area (TPSA) is 127 Å². The van der Waals surface area contributed by atoms with Gasteiger partial charge < -0.3 is 31.2 Å². The zero-order valence-electron chi connectivity index (χ0n) is 19.3. The van der Waals surface area contributed by atoms with E-state index in [0.29, 0.717) is 17.5 Å². The number of aromatic nitrogens is 3. The summed E-state index contributed by atoms with van der Waals surface area (Å²) in [6, 6.07) is 3.90. The molecule has 10 nitrogen and oxygen atoms in total. The predicted molar refractivity (Wildman–Crippen MR) is 131 cm³/mol. The first kappa shape index (κ1) is 22.9. The lowest BCUT2D eigenvalue weighted by molar-refractivity contribution is 0.100. The summed E-state index contributed by atoms with van der Waals surface area (Å²) in [6.45, 7) is 8.94. The quantitative estimate of drug-likeness (QED) is 0.547. The molecule has 0 aliphatic carbocycles. The van der Waals surface area contributed by atoms with Crippen molar-refractivity contribution >= 4 is 35.4 Å². The summed E-state index contributed by atoms with van der Waals surface area (Å²) in [5, 5.41) is 11.0. The van der Waals surface area contributed by atoms with Crippen LogP contribution in [-0.2, 0) is 0 Å². The molecule has 0 aromatic carbocycles. The molecular weight excluding hydrogens is 418 g/mol. The molecule has 0 saturated carbocycles. The van der Waals surface area contributed by atoms with Crippen molar-refractivity contribution in [2.75, 3.05) is 60.9 Å². The van der Waals surface area contributed by atoms with Crippen LogP contribution in [0.4, 0.5) is 23.3 Å². The average Bonchev–Trinajstić information content (AvgIpc) is 3.13. The van der Waals surface area contributed by atoms with Gasteiger partial charge in [-0.3, -0.25) is 4.79 Å². The lowest BCUT2D eigenvalue weighted by Gasteiger charge is -2.34. The van der Waals surface area contributed by atoms with E-state index in [4.69, 9.17) is 11.1 Å². The van der Waals surface area contributed by atoms with Gasteiger partial charge in [0.2, 0.25) is 5.95 Å². The zero-order chi connectivity index (χ0) is 23.2. The molecule has 10 heteroatoms. The molecule has 0 radical (unpaired) electrons. The van der Waals surface area contributed by atoms with Gasteiger partial charge in [-0.15, -0.1) is 0 Å². The van der Waals surface area contributed by atoms with Crippen molar-refractivity contribution in [1.29, 1.82) is 5.41 Å². The van der Waals surface area contributed by atoms with Gasteiger partial charge in [0.25, 0.3) is 5.91 Å². The molecule has 176 valence electrons. The molecule has 4 N–H and O–H groups in total. The lowest BCUT2D eigenvalue weighted by atomic mass is 10.2. The van der Waals surface area contributed by atoms with Crippen LogP contribution in [-0.4, -0.2) is 77.8 Å². The number of carbonyl (C=O) groups is 1. The van der Waals surface area contributed by atoms with Crippen LogP contribution in [0, 0.1) is 5.41 Å². The Kier molecular flexibility index (Phi) is 7.33. The first-order valence-electron chi connectivity index (χ1n) is 11.8. The third kappa shape index (κ3) is 5.39. The number of carbonyl (C=O) groups excluding carboxylic acids is 1. The van der Waals surface area contributed by atoms with Crippen molar-refractivity contribution in [3.63, 3.8) is 0 Å². The minimum Gasteiger partial charge on any atom is -0.365 e. The highest BCUT2D eigenvalue weighted by molar-refractivity contribution is 6.04. The first-order valence-corrected chi connectivity index (χ1v) is 11.8. The number of hydrogen-bond donors (Lipinski definition) is 3. The molecule has 2 saturated heterocycles. The highest BCUT2D eigenvalue weighted by Gasteiger charge is 2.22. The van der Waals surface area contributed by atoms with Crippen LogP contribution >= 0.6 is 0 Å². The Hall–Kier alpha value is -3.27. The van der Waals surface area contributed by atoms with Crippen LogP contribution in [0.5, 0.6) is 0 Å². The number of likely N-dealkylation sites (N-methyl/N-ethyl adjacent to an activating group) is 1. The van der Waals surface area contributed by atoms with Gasteiger partial charge in [0.15, 0.2) is 0 Å². The second-order valence-electron chi connectivity index (χ2n) is 8.49. The number of pyridine rings is 1. The summed E-state index contributed by atoms with van der Waals surface area (Å²) in [4.78, 5) is 32.8. The molecule has 0 unspecified atom stereocenters. The normalized spacial score (nSPS) is 17.5. The maximum absolute atomic E-state index is 12.2. The third-order valence-corrected chi connectivity index (χ3v) is 6.35. The highest BCUT2D eigenvalue weighted by Crippen LogP contribution is 2.25. The Bertz CT molecular complexity index is 963. The molecule has 2 aliphatic rings. The number of anilines is 4. The van der Waals surface area contributed by atoms with Gasteiger partial charge in [-0.25, -0.2) is 9.97 Å². The Labute approximate surface area is 194 Å². The average molecular weight is 452 g/mol. The Morgan fingerprint density at radius 3 is 2.36 bits per heavy atom. The Morgan fingerprint density at radius 1 is 1.06 bits per heavy atom. The minimum absolute atomic E-state index is 0.114. The molecule has 4 heterocycles. The minimum atomic E-state index is -0.670. The third-order valence-electron chi connectivity index (χ3n) is 6.35. The van der Waals surface area contributed by atoms with Crippen molar-refractivity contribution in [3.8, 4) is 0 Å². The van der Waals surface area contributed by atoms with E-state index in [9.17, 15) is 4.79 Å². The summed E-state index contributed by atoms with van der Waals surface area (Å²) in [6.07, 6.45) is 7.31. The maximum Gasteiger partial charge on any atom is 0.254 e. The number of primary amides is 1. The van der Waals surface area contributed by atoms with Gasteiger partial charge in [0, 0.05) is 45.5 Å². The molecular formula is C23H33N9O. The number of nitrogens with zero attached hydrogens (tertiary/aromatic N) is 6. The molecule has 1 amide bonds. The van der Waals surface area contributed by atoms with E-state index in [1.807, 2.05) is 12.1 Å². The zero-order valence-corrected chi connectivity index (χ0v) is 19.3. The van der Waals surface area contributed by atoms with Crippen LogP contribution in [0.3, 0.4) is 0 Å². The Balaban J connectivity index is 1.57. The number of nitrogens with two attached hydrogens (primary N) is 1. The van der Waals surface area contributed by atoms with Crippen molar-refractivity contribution in [1.82, 2.24) is 19.9 Å². The summed E-state index contributed by atoms with van der Waals surface area (Å²) in [7, 11) is 0. The van der Waals surface area contributed by atoms with E-state index in [-0.39, 0.29) is 11.3 Å². The lowest BCUT2D eigenvalue weighted by Crippen LogP contribution is -2.46. The number of rotatable bonds is 7. The van der Waals surface area contributed by atoms with Crippen molar-refractivity contribution < 1.29 is 4.79 Å². The molecule has 2 aromatic rings. The van der Waals surface area contributed by atoms with E-state index >= 15 is 0 Å². The van der Waals surface area contributed by atoms with Gasteiger partial charge in [-0.05, 0) is 31.5 Å². The molecule has 0 atom stereocenters. The fourth-order valence-electron chi connectivity index (χ4n) is 4.39. The number of nitrogens with one attached hydrogen (secondary N) is 2. The molecule has 33 heavy (non-hydrogen) atoms. The van der Waals surface area contributed by atoms with Gasteiger partial charge in [0.1, 0.15) is 22.9 Å². The van der Waals surface area contributed by atoms with Crippen molar-refractivity contribution in [3.05, 3.63) is 29.6 Å². The smallest absolute Gasteiger partial charge is 0.254 e. The monoisotopic (exact) mass is 451 g/mol. The van der Waals surface area contributed by atoms with Gasteiger partial charge >= 0.3 is 0 Å². The first-order chi connectivity index (χ1) is 16.1. The number of amides is 1. The van der Waals surface area contributed by atoms with Crippen LogP contribution in [0.2, 0.25) is 0 Å². The largest absolute Gasteiger partial charge is 0.365 e. The second-order valence-corrected chi connectivity index (χ2v) is 8.49. The van der Waals surface area contributed by atoms with E-state index in [2.05, 4.69) is 41.9 Å².